The molecule has 0 radical (unpaired) electrons. The second-order valence-electron chi connectivity index (χ2n) is 5.41. The first kappa shape index (κ1) is 17.9. The third-order valence-electron chi connectivity index (χ3n) is 3.60. The van der Waals surface area contributed by atoms with Gasteiger partial charge in [0.2, 0.25) is 10.0 Å². The molecule has 0 spiro atoms. The third kappa shape index (κ3) is 4.98. The lowest BCUT2D eigenvalue weighted by molar-refractivity contribution is 0.252. The topological polar surface area (TPSA) is 78.4 Å². The molecule has 1 aromatic rings. The van der Waals surface area contributed by atoms with Crippen molar-refractivity contribution >= 4 is 15.7 Å². The van der Waals surface area contributed by atoms with E-state index in [0.29, 0.717) is 18.7 Å². The van der Waals surface area contributed by atoms with E-state index >= 15 is 0 Å². The molecular weight excluding hydrogens is 288 g/mol. The highest BCUT2D eigenvalue weighted by atomic mass is 32.2. The highest BCUT2D eigenvalue weighted by molar-refractivity contribution is 7.89. The molecule has 21 heavy (non-hydrogen) atoms. The SMILES string of the molecule is CCCNS(=O)(=O)c1ccccc1NC(C)(CC)CCO. The summed E-state index contributed by atoms with van der Waals surface area (Å²) in [4.78, 5) is 0.246. The fraction of sp³-hybridized carbons (Fsp3) is 0.600. The maximum absolute atomic E-state index is 12.3. The van der Waals surface area contributed by atoms with Gasteiger partial charge in [-0.2, -0.15) is 0 Å². The minimum atomic E-state index is -3.52. The number of aliphatic hydroxyl groups excluding tert-OH is 1. The number of benzene rings is 1. The zero-order chi connectivity index (χ0) is 15.9. The molecule has 0 amide bonds. The number of hydrogen-bond acceptors (Lipinski definition) is 4. The van der Waals surface area contributed by atoms with Crippen molar-refractivity contribution in [2.45, 2.75) is 50.5 Å². The fourth-order valence-electron chi connectivity index (χ4n) is 2.02. The molecule has 0 bridgehead atoms. The lowest BCUT2D eigenvalue weighted by Crippen LogP contribution is -2.36. The third-order valence-corrected chi connectivity index (χ3v) is 5.12. The standard InChI is InChI=1S/C15H26N2O3S/c1-4-11-16-21(19,20)14-9-7-6-8-13(14)17-15(3,5-2)10-12-18/h6-9,16-18H,4-5,10-12H2,1-3H3. The zero-order valence-electron chi connectivity index (χ0n) is 13.0. The Labute approximate surface area is 127 Å². The molecule has 1 rings (SSSR count). The predicted octanol–water partition coefficient (Wildman–Crippen LogP) is 2.34. The van der Waals surface area contributed by atoms with Crippen LogP contribution in [0, 0.1) is 0 Å². The Morgan fingerprint density at radius 1 is 1.24 bits per heavy atom. The van der Waals surface area contributed by atoms with Crippen LogP contribution in [-0.2, 0) is 10.0 Å². The van der Waals surface area contributed by atoms with Crippen LogP contribution in [0.25, 0.3) is 0 Å². The molecule has 5 nitrogen and oxygen atoms in total. The molecule has 0 fully saturated rings. The molecule has 0 aromatic heterocycles. The first-order valence-electron chi connectivity index (χ1n) is 7.36. The Balaban J connectivity index is 3.10. The maximum Gasteiger partial charge on any atom is 0.242 e. The molecule has 120 valence electrons. The van der Waals surface area contributed by atoms with E-state index in [0.717, 1.165) is 12.8 Å². The van der Waals surface area contributed by atoms with Crippen molar-refractivity contribution in [1.82, 2.24) is 4.72 Å². The summed E-state index contributed by atoms with van der Waals surface area (Å²) in [5.41, 5.74) is 0.226. The Morgan fingerprint density at radius 3 is 2.48 bits per heavy atom. The number of sulfonamides is 1. The first-order chi connectivity index (χ1) is 9.88. The molecule has 0 heterocycles. The summed E-state index contributed by atoms with van der Waals surface area (Å²) in [6, 6.07) is 6.86. The van der Waals surface area contributed by atoms with Gasteiger partial charge in [-0.3, -0.25) is 0 Å². The number of aliphatic hydroxyl groups is 1. The van der Waals surface area contributed by atoms with Gasteiger partial charge in [0, 0.05) is 18.7 Å². The van der Waals surface area contributed by atoms with Crippen molar-refractivity contribution in [1.29, 1.82) is 0 Å². The van der Waals surface area contributed by atoms with Crippen LogP contribution in [0.1, 0.15) is 40.0 Å². The van der Waals surface area contributed by atoms with Gasteiger partial charge in [0.15, 0.2) is 0 Å². The summed E-state index contributed by atoms with van der Waals surface area (Å²) < 4.78 is 27.3. The second-order valence-corrected chi connectivity index (χ2v) is 7.14. The van der Waals surface area contributed by atoms with E-state index in [1.165, 1.54) is 0 Å². The smallest absolute Gasteiger partial charge is 0.242 e. The monoisotopic (exact) mass is 314 g/mol. The van der Waals surface area contributed by atoms with Crippen LogP contribution in [0.4, 0.5) is 5.69 Å². The molecule has 1 atom stereocenters. The van der Waals surface area contributed by atoms with Crippen LogP contribution in [0.3, 0.4) is 0 Å². The van der Waals surface area contributed by atoms with Crippen molar-refractivity contribution in [3.8, 4) is 0 Å². The summed E-state index contributed by atoms with van der Waals surface area (Å²) in [6.45, 7) is 6.38. The van der Waals surface area contributed by atoms with Gasteiger partial charge in [0.1, 0.15) is 4.90 Å². The van der Waals surface area contributed by atoms with Crippen molar-refractivity contribution in [3.05, 3.63) is 24.3 Å². The highest BCUT2D eigenvalue weighted by Crippen LogP contribution is 2.27. The van der Waals surface area contributed by atoms with E-state index in [9.17, 15) is 13.5 Å². The van der Waals surface area contributed by atoms with E-state index in [2.05, 4.69) is 10.0 Å². The van der Waals surface area contributed by atoms with Gasteiger partial charge in [-0.25, -0.2) is 13.1 Å². The van der Waals surface area contributed by atoms with E-state index < -0.39 is 10.0 Å². The van der Waals surface area contributed by atoms with E-state index in [-0.39, 0.29) is 17.0 Å². The molecule has 0 saturated heterocycles. The zero-order valence-corrected chi connectivity index (χ0v) is 13.8. The Morgan fingerprint density at radius 2 is 1.90 bits per heavy atom. The number of para-hydroxylation sites is 1. The van der Waals surface area contributed by atoms with Crippen LogP contribution < -0.4 is 10.0 Å². The van der Waals surface area contributed by atoms with E-state index in [1.807, 2.05) is 20.8 Å². The summed E-state index contributed by atoms with van der Waals surface area (Å²) in [7, 11) is -3.52. The predicted molar refractivity (Wildman–Crippen MR) is 85.9 cm³/mol. The van der Waals surface area contributed by atoms with Crippen LogP contribution in [0.5, 0.6) is 0 Å². The van der Waals surface area contributed by atoms with Crippen molar-refractivity contribution in [3.63, 3.8) is 0 Å². The minimum Gasteiger partial charge on any atom is -0.396 e. The van der Waals surface area contributed by atoms with Gasteiger partial charge in [-0.15, -0.1) is 0 Å². The minimum absolute atomic E-state index is 0.0559. The highest BCUT2D eigenvalue weighted by Gasteiger charge is 2.25. The normalized spacial score (nSPS) is 14.7. The van der Waals surface area contributed by atoms with E-state index in [4.69, 9.17) is 0 Å². The molecule has 6 heteroatoms. The summed E-state index contributed by atoms with van der Waals surface area (Å²) in [5.74, 6) is 0. The quantitative estimate of drug-likeness (QED) is 0.654. The van der Waals surface area contributed by atoms with Crippen LogP contribution in [0.2, 0.25) is 0 Å². The molecule has 0 aliphatic heterocycles. The average Bonchev–Trinajstić information content (AvgIpc) is 2.46. The van der Waals surface area contributed by atoms with Gasteiger partial charge in [-0.05, 0) is 38.3 Å². The lowest BCUT2D eigenvalue weighted by Gasteiger charge is -2.31. The Kier molecular flexibility index (Phi) is 6.64. The number of nitrogens with one attached hydrogen (secondary N) is 2. The number of rotatable bonds is 9. The molecule has 0 aliphatic carbocycles. The van der Waals surface area contributed by atoms with Crippen molar-refractivity contribution in [2.24, 2.45) is 0 Å². The number of hydrogen-bond donors (Lipinski definition) is 3. The van der Waals surface area contributed by atoms with Gasteiger partial charge in [0.05, 0.1) is 5.69 Å². The van der Waals surface area contributed by atoms with Gasteiger partial charge in [-0.1, -0.05) is 26.0 Å². The van der Waals surface area contributed by atoms with Crippen LogP contribution in [-0.4, -0.2) is 32.2 Å². The fourth-order valence-corrected chi connectivity index (χ4v) is 3.31. The maximum atomic E-state index is 12.3. The summed E-state index contributed by atoms with van der Waals surface area (Å²) in [5, 5.41) is 12.5. The second kappa shape index (κ2) is 7.77. The Hall–Kier alpha value is -1.11. The lowest BCUT2D eigenvalue weighted by atomic mass is 9.94. The summed E-state index contributed by atoms with van der Waals surface area (Å²) >= 11 is 0. The van der Waals surface area contributed by atoms with Crippen molar-refractivity contribution in [2.75, 3.05) is 18.5 Å². The Bertz CT molecular complexity index is 546. The molecule has 1 unspecified atom stereocenters. The molecular formula is C15H26N2O3S. The first-order valence-corrected chi connectivity index (χ1v) is 8.84. The summed E-state index contributed by atoms with van der Waals surface area (Å²) in [6.07, 6.45) is 2.08. The van der Waals surface area contributed by atoms with Gasteiger partial charge < -0.3 is 10.4 Å². The average molecular weight is 314 g/mol. The molecule has 0 aliphatic rings. The van der Waals surface area contributed by atoms with Crippen LogP contribution in [0.15, 0.2) is 29.2 Å². The molecule has 0 saturated carbocycles. The largest absolute Gasteiger partial charge is 0.396 e. The van der Waals surface area contributed by atoms with Crippen LogP contribution >= 0.6 is 0 Å². The van der Waals surface area contributed by atoms with Gasteiger partial charge in [0.25, 0.3) is 0 Å². The van der Waals surface area contributed by atoms with Crippen molar-refractivity contribution < 1.29 is 13.5 Å². The molecule has 1 aromatic carbocycles. The molecule has 3 N–H and O–H groups in total. The van der Waals surface area contributed by atoms with E-state index in [1.54, 1.807) is 24.3 Å². The van der Waals surface area contributed by atoms with Gasteiger partial charge >= 0.3 is 0 Å². The number of anilines is 1.